The monoisotopic (exact) mass is 595 g/mol. The lowest BCUT2D eigenvalue weighted by Gasteiger charge is -2.34. The summed E-state index contributed by atoms with van der Waals surface area (Å²) >= 11 is 1.19. The molecule has 1 fully saturated rings. The van der Waals surface area contributed by atoms with Gasteiger partial charge in [0, 0.05) is 24.9 Å². The van der Waals surface area contributed by atoms with Gasteiger partial charge in [-0.2, -0.15) is 13.2 Å². The van der Waals surface area contributed by atoms with Crippen molar-refractivity contribution in [2.75, 3.05) is 64.3 Å². The Kier molecular flexibility index (Phi) is 9.08. The van der Waals surface area contributed by atoms with Gasteiger partial charge in [-0.3, -0.25) is 0 Å². The van der Waals surface area contributed by atoms with E-state index in [1.54, 1.807) is 49.7 Å². The van der Waals surface area contributed by atoms with Crippen molar-refractivity contribution in [3.63, 3.8) is 0 Å². The van der Waals surface area contributed by atoms with Crippen molar-refractivity contribution in [3.8, 4) is 17.6 Å². The van der Waals surface area contributed by atoms with Crippen LogP contribution in [0.1, 0.15) is 23.3 Å². The second-order valence-corrected chi connectivity index (χ2v) is 14.8. The van der Waals surface area contributed by atoms with Crippen molar-refractivity contribution < 1.29 is 26.9 Å². The molecule has 40 heavy (non-hydrogen) atoms. The molecule has 1 saturated heterocycles. The molecule has 1 aliphatic heterocycles. The molecular weight excluding hydrogens is 561 g/mol. The number of thiophene rings is 1. The fraction of sp³-hybridized carbons (Fsp3) is 0.448. The maximum atomic E-state index is 15.3. The summed E-state index contributed by atoms with van der Waals surface area (Å²) < 4.78 is 74.4. The summed E-state index contributed by atoms with van der Waals surface area (Å²) in [6.45, 7) is 4.95. The van der Waals surface area contributed by atoms with Gasteiger partial charge in [0.1, 0.15) is 18.6 Å². The summed E-state index contributed by atoms with van der Waals surface area (Å²) in [6.07, 6.45) is -4.69. The first kappa shape index (κ1) is 30.2. The number of hydrogen-bond acceptors (Lipinski definition) is 6. The van der Waals surface area contributed by atoms with Crippen LogP contribution in [-0.4, -0.2) is 70.4 Å². The van der Waals surface area contributed by atoms with E-state index in [-0.39, 0.29) is 18.7 Å². The molecule has 2 aromatic carbocycles. The molecule has 2 heterocycles. The standard InChI is InChI=1S/C29H34F4N3O2PS/c1-36-15-12-28(30,13-16-36)19-35-24-8-5-7-21-22(18-29(31,32)33)26(40-27(21)24)9-6-14-34-23-11-10-20(39(3,4)37)17-25(23)38-2/h5,7-8,10-11,17,34-35H,12-16,18-19H2,1-4H3. The van der Waals surface area contributed by atoms with Gasteiger partial charge in [-0.1, -0.05) is 24.0 Å². The van der Waals surface area contributed by atoms with E-state index in [0.29, 0.717) is 63.3 Å². The summed E-state index contributed by atoms with van der Waals surface area (Å²) in [7, 11) is 1.01. The second-order valence-electron chi connectivity index (χ2n) is 10.6. The first-order chi connectivity index (χ1) is 18.8. The van der Waals surface area contributed by atoms with Gasteiger partial charge in [0.2, 0.25) is 0 Å². The van der Waals surface area contributed by atoms with E-state index in [4.69, 9.17) is 4.74 Å². The highest BCUT2D eigenvalue weighted by Crippen LogP contribution is 2.40. The highest BCUT2D eigenvalue weighted by molar-refractivity contribution is 7.70. The van der Waals surface area contributed by atoms with Gasteiger partial charge in [-0.05, 0) is 68.4 Å². The quantitative estimate of drug-likeness (QED) is 0.175. The maximum Gasteiger partial charge on any atom is 0.393 e. The Labute approximate surface area is 236 Å². The van der Waals surface area contributed by atoms with Gasteiger partial charge in [-0.25, -0.2) is 4.39 Å². The van der Waals surface area contributed by atoms with Crippen LogP contribution in [0.5, 0.6) is 5.75 Å². The summed E-state index contributed by atoms with van der Waals surface area (Å²) in [5.41, 5.74) is 0.0179. The molecular formula is C29H34F4N3O2PS. The molecule has 11 heteroatoms. The van der Waals surface area contributed by atoms with Gasteiger partial charge >= 0.3 is 6.18 Å². The van der Waals surface area contributed by atoms with E-state index in [9.17, 15) is 17.7 Å². The fourth-order valence-corrected chi connectivity index (χ4v) is 6.71. The average molecular weight is 596 g/mol. The molecule has 1 aliphatic rings. The van der Waals surface area contributed by atoms with Gasteiger partial charge in [0.05, 0.1) is 41.0 Å². The number of hydrogen-bond donors (Lipinski definition) is 2. The number of benzene rings is 2. The zero-order valence-electron chi connectivity index (χ0n) is 23.0. The highest BCUT2D eigenvalue weighted by atomic mass is 32.1. The molecule has 3 aromatic rings. The molecule has 4 rings (SSSR count). The molecule has 0 saturated carbocycles. The van der Waals surface area contributed by atoms with E-state index in [1.807, 2.05) is 7.05 Å². The molecule has 1 aromatic heterocycles. The minimum absolute atomic E-state index is 0.101. The van der Waals surface area contributed by atoms with Crippen molar-refractivity contribution in [3.05, 3.63) is 46.8 Å². The first-order valence-electron chi connectivity index (χ1n) is 13.0. The van der Waals surface area contributed by atoms with Crippen LogP contribution in [-0.2, 0) is 11.0 Å². The minimum Gasteiger partial charge on any atom is -0.495 e. The lowest BCUT2D eigenvalue weighted by Crippen LogP contribution is -2.43. The Morgan fingerprint density at radius 3 is 2.50 bits per heavy atom. The largest absolute Gasteiger partial charge is 0.495 e. The molecule has 216 valence electrons. The Morgan fingerprint density at radius 2 is 1.85 bits per heavy atom. The van der Waals surface area contributed by atoms with Gasteiger partial charge in [0.15, 0.2) is 0 Å². The minimum atomic E-state index is -4.41. The third-order valence-corrected chi connectivity index (χ3v) is 9.77. The van der Waals surface area contributed by atoms with Crippen LogP contribution >= 0.6 is 18.5 Å². The predicted molar refractivity (Wildman–Crippen MR) is 158 cm³/mol. The third kappa shape index (κ3) is 7.51. The third-order valence-electron chi connectivity index (χ3n) is 7.05. The number of nitrogens with zero attached hydrogens (tertiary/aromatic N) is 1. The highest BCUT2D eigenvalue weighted by Gasteiger charge is 2.34. The number of piperidine rings is 1. The van der Waals surface area contributed by atoms with Crippen LogP contribution < -0.4 is 20.7 Å². The van der Waals surface area contributed by atoms with Gasteiger partial charge in [0.25, 0.3) is 0 Å². The number of ether oxygens (including phenoxy) is 1. The van der Waals surface area contributed by atoms with Crippen molar-refractivity contribution in [1.29, 1.82) is 0 Å². The summed E-state index contributed by atoms with van der Waals surface area (Å²) in [5, 5.41) is 7.46. The van der Waals surface area contributed by atoms with E-state index in [0.717, 1.165) is 0 Å². The topological polar surface area (TPSA) is 53.6 Å². The Bertz CT molecular complexity index is 1460. The zero-order valence-corrected chi connectivity index (χ0v) is 24.8. The van der Waals surface area contributed by atoms with Gasteiger partial charge in [-0.15, -0.1) is 11.3 Å². The predicted octanol–water partition coefficient (Wildman–Crippen LogP) is 6.57. The van der Waals surface area contributed by atoms with Crippen molar-refractivity contribution in [1.82, 2.24) is 4.90 Å². The normalized spacial score (nSPS) is 15.9. The molecule has 5 nitrogen and oxygen atoms in total. The molecule has 0 unspecified atom stereocenters. The van der Waals surface area contributed by atoms with Crippen molar-refractivity contribution in [2.24, 2.45) is 0 Å². The van der Waals surface area contributed by atoms with Crippen molar-refractivity contribution >= 4 is 45.2 Å². The van der Waals surface area contributed by atoms with E-state index >= 15 is 4.39 Å². The van der Waals surface area contributed by atoms with Gasteiger partial charge < -0.3 is 24.8 Å². The number of alkyl halides is 4. The van der Waals surface area contributed by atoms with Crippen molar-refractivity contribution in [2.45, 2.75) is 31.1 Å². The van der Waals surface area contributed by atoms with Crippen LogP contribution in [0.3, 0.4) is 0 Å². The number of rotatable bonds is 8. The number of likely N-dealkylation sites (tertiary alicyclic amines) is 1. The number of anilines is 2. The molecule has 2 N–H and O–H groups in total. The van der Waals surface area contributed by atoms with E-state index in [1.165, 1.54) is 18.4 Å². The van der Waals surface area contributed by atoms with Crippen LogP contribution in [0, 0.1) is 11.8 Å². The second kappa shape index (κ2) is 12.0. The summed E-state index contributed by atoms with van der Waals surface area (Å²) in [4.78, 5) is 2.42. The van der Waals surface area contributed by atoms with E-state index in [2.05, 4.69) is 27.4 Å². The average Bonchev–Trinajstić information content (AvgIpc) is 3.23. The molecule has 0 spiro atoms. The molecule has 0 aliphatic carbocycles. The van der Waals surface area contributed by atoms with Crippen LogP contribution in [0.25, 0.3) is 10.1 Å². The molecule has 0 radical (unpaired) electrons. The van der Waals surface area contributed by atoms with Crippen LogP contribution in [0.15, 0.2) is 36.4 Å². The maximum absolute atomic E-state index is 15.3. The lowest BCUT2D eigenvalue weighted by atomic mass is 9.93. The molecule has 0 amide bonds. The lowest BCUT2D eigenvalue weighted by molar-refractivity contribution is -0.126. The first-order valence-corrected chi connectivity index (χ1v) is 16.4. The summed E-state index contributed by atoms with van der Waals surface area (Å²) in [6, 6.07) is 10.4. The number of methoxy groups -OCH3 is 1. The number of nitrogens with one attached hydrogen (secondary N) is 2. The van der Waals surface area contributed by atoms with Crippen LogP contribution in [0.2, 0.25) is 0 Å². The fourth-order valence-electron chi connectivity index (χ4n) is 4.66. The SMILES string of the molecule is COc1cc(P(C)(C)=O)ccc1NCC#Cc1sc2c(NCC3(F)CCN(C)CC3)cccc2c1CC(F)(F)F. The molecule has 0 atom stereocenters. The summed E-state index contributed by atoms with van der Waals surface area (Å²) in [5.74, 6) is 6.37. The Hall–Kier alpha value is -2.73. The Morgan fingerprint density at radius 1 is 1.12 bits per heavy atom. The number of halogens is 4. The van der Waals surface area contributed by atoms with Crippen LogP contribution in [0.4, 0.5) is 28.9 Å². The zero-order chi connectivity index (χ0) is 29.1. The molecule has 0 bridgehead atoms. The Balaban J connectivity index is 1.57. The smallest absolute Gasteiger partial charge is 0.393 e. The number of fused-ring (bicyclic) bond motifs is 1. The van der Waals surface area contributed by atoms with E-state index < -0.39 is 25.4 Å².